The van der Waals surface area contributed by atoms with Gasteiger partial charge in [-0.3, -0.25) is 0 Å². The zero-order valence-corrected chi connectivity index (χ0v) is 10.3. The van der Waals surface area contributed by atoms with Gasteiger partial charge in [-0.15, -0.1) is 0 Å². The van der Waals surface area contributed by atoms with Gasteiger partial charge in [-0.2, -0.15) is 0 Å². The summed E-state index contributed by atoms with van der Waals surface area (Å²) >= 11 is 0. The first kappa shape index (κ1) is 22.8. The predicted octanol–water partition coefficient (Wildman–Crippen LogP) is -4.68. The second kappa shape index (κ2) is 17.3. The molecule has 2 nitrogen and oxygen atoms in total. The van der Waals surface area contributed by atoms with Crippen molar-refractivity contribution in [3.63, 3.8) is 0 Å². The minimum absolute atomic E-state index is 0. The van der Waals surface area contributed by atoms with Crippen molar-refractivity contribution in [1.29, 1.82) is 0 Å². The van der Waals surface area contributed by atoms with E-state index in [0.29, 0.717) is 0 Å². The van der Waals surface area contributed by atoms with E-state index in [0.717, 1.165) is 0 Å². The van der Waals surface area contributed by atoms with Crippen molar-refractivity contribution in [3.8, 4) is 0 Å². The van der Waals surface area contributed by atoms with Crippen molar-refractivity contribution in [3.05, 3.63) is 0 Å². The van der Waals surface area contributed by atoms with Crippen molar-refractivity contribution in [2.75, 3.05) is 13.1 Å². The summed E-state index contributed by atoms with van der Waals surface area (Å²) in [7, 11) is 0. The maximum Gasteiger partial charge on any atom is 2.00 e. The molecule has 0 atom stereocenters. The molecule has 0 unspecified atom stereocenters. The van der Waals surface area contributed by atoms with Gasteiger partial charge in [0.2, 0.25) is 0 Å². The van der Waals surface area contributed by atoms with Crippen LogP contribution in [-0.2, 0) is 21.1 Å². The maximum atomic E-state index is 3.35. The molecule has 4 N–H and O–H groups in total. The van der Waals surface area contributed by atoms with Crippen LogP contribution < -0.4 is 36.3 Å². The molecule has 0 radical (unpaired) electrons. The molecule has 74 valence electrons. The topological polar surface area (TPSA) is 47.0 Å². The second-order valence-corrected chi connectivity index (χ2v) is 2.16. The quantitative estimate of drug-likeness (QED) is 0.443. The molecule has 0 amide bonds. The van der Waals surface area contributed by atoms with E-state index in [1.807, 2.05) is 0 Å². The Hall–Kier alpha value is 1.19. The molecule has 0 spiro atoms. The van der Waals surface area contributed by atoms with Gasteiger partial charge in [0.05, 0.1) is 0 Å². The Labute approximate surface area is 95.9 Å². The Bertz CT molecular complexity index is 38.2. The molecule has 1 heterocycles. The molecular weight excluding hydrogens is 366 g/mol. The van der Waals surface area contributed by atoms with Gasteiger partial charge in [0.25, 0.3) is 0 Å². The third-order valence-corrected chi connectivity index (χ3v) is 1.46. The molecule has 0 aromatic rings. The Morgan fingerprint density at radius 3 is 1.45 bits per heavy atom. The third kappa shape index (κ3) is 14.1. The number of hydrogen-bond donors (Lipinski definition) is 2. The Kier molecular flexibility index (Phi) is 35.8. The van der Waals surface area contributed by atoms with Crippen LogP contribution in [0, 0.1) is 0 Å². The van der Waals surface area contributed by atoms with E-state index in [2.05, 4.69) is 5.32 Å². The molecule has 1 aliphatic rings. The summed E-state index contributed by atoms with van der Waals surface area (Å²) in [6, 6.07) is 0. The summed E-state index contributed by atoms with van der Waals surface area (Å²) in [5, 5.41) is 3.35. The first-order valence-electron chi connectivity index (χ1n) is 3.21. The Balaban J connectivity index is -0.0000000612. The van der Waals surface area contributed by atoms with Crippen LogP contribution in [0.15, 0.2) is 0 Å². The van der Waals surface area contributed by atoms with Gasteiger partial charge in [0, 0.05) is 0 Å². The van der Waals surface area contributed by atoms with Gasteiger partial charge in [0.1, 0.15) is 0 Å². The summed E-state index contributed by atoms with van der Waals surface area (Å²) in [6.45, 7) is 2.50. The molecule has 0 aromatic carbocycles. The SMILES string of the molecule is C1CCCNCC1.N.[Cl-].[Cl-].[Pt+2]. The third-order valence-electron chi connectivity index (χ3n) is 1.46. The van der Waals surface area contributed by atoms with E-state index in [-0.39, 0.29) is 52.0 Å². The van der Waals surface area contributed by atoms with Crippen LogP contribution in [0.1, 0.15) is 25.7 Å². The molecule has 0 aliphatic carbocycles. The number of hydrogen-bond acceptors (Lipinski definition) is 2. The molecule has 1 aliphatic heterocycles. The zero-order chi connectivity index (χ0) is 4.95. The minimum Gasteiger partial charge on any atom is -1.00 e. The monoisotopic (exact) mass is 381 g/mol. The van der Waals surface area contributed by atoms with Gasteiger partial charge in [-0.05, 0) is 25.9 Å². The summed E-state index contributed by atoms with van der Waals surface area (Å²) in [4.78, 5) is 0. The average Bonchev–Trinajstić information content (AvgIpc) is 1.90. The van der Waals surface area contributed by atoms with Crippen molar-refractivity contribution in [2.24, 2.45) is 0 Å². The first-order valence-corrected chi connectivity index (χ1v) is 3.21. The summed E-state index contributed by atoms with van der Waals surface area (Å²) in [5.41, 5.74) is 0. The first-order chi connectivity index (χ1) is 3.50. The number of halogens is 2. The van der Waals surface area contributed by atoms with Gasteiger partial charge in [-0.1, -0.05) is 12.8 Å². The van der Waals surface area contributed by atoms with Crippen LogP contribution in [0.3, 0.4) is 0 Å². The number of nitrogens with one attached hydrogen (secondary N) is 1. The average molecular weight is 382 g/mol. The molecule has 1 rings (SSSR count). The van der Waals surface area contributed by atoms with Crippen molar-refractivity contribution < 1.29 is 45.9 Å². The molecule has 11 heavy (non-hydrogen) atoms. The molecular formula is C6H16Cl2N2Pt. The molecule has 0 saturated carbocycles. The van der Waals surface area contributed by atoms with Gasteiger partial charge in [0.15, 0.2) is 0 Å². The van der Waals surface area contributed by atoms with Gasteiger partial charge < -0.3 is 36.3 Å². The Morgan fingerprint density at radius 2 is 1.09 bits per heavy atom. The fraction of sp³-hybridized carbons (Fsp3) is 1.00. The Morgan fingerprint density at radius 1 is 0.727 bits per heavy atom. The van der Waals surface area contributed by atoms with E-state index < -0.39 is 0 Å². The fourth-order valence-electron chi connectivity index (χ4n) is 0.979. The summed E-state index contributed by atoms with van der Waals surface area (Å²) < 4.78 is 0. The molecule has 0 bridgehead atoms. The van der Waals surface area contributed by atoms with E-state index in [1.54, 1.807) is 0 Å². The van der Waals surface area contributed by atoms with Crippen LogP contribution in [0.2, 0.25) is 0 Å². The largest absolute Gasteiger partial charge is 2.00 e. The summed E-state index contributed by atoms with van der Waals surface area (Å²) in [5.74, 6) is 0. The fourth-order valence-corrected chi connectivity index (χ4v) is 0.979. The van der Waals surface area contributed by atoms with Gasteiger partial charge in [-0.25, -0.2) is 0 Å². The van der Waals surface area contributed by atoms with E-state index >= 15 is 0 Å². The van der Waals surface area contributed by atoms with Crippen molar-refractivity contribution in [2.45, 2.75) is 25.7 Å². The van der Waals surface area contributed by atoms with E-state index in [4.69, 9.17) is 0 Å². The van der Waals surface area contributed by atoms with Crippen LogP contribution >= 0.6 is 0 Å². The van der Waals surface area contributed by atoms with Crippen LogP contribution in [0.25, 0.3) is 0 Å². The zero-order valence-electron chi connectivity index (χ0n) is 6.52. The van der Waals surface area contributed by atoms with E-state index in [9.17, 15) is 0 Å². The molecule has 0 aromatic heterocycles. The maximum absolute atomic E-state index is 3.35. The number of rotatable bonds is 0. The van der Waals surface area contributed by atoms with Crippen LogP contribution in [0.5, 0.6) is 0 Å². The molecule has 5 heteroatoms. The standard InChI is InChI=1S/C6H13N.2ClH.H3N.Pt/c1-2-4-6-7-5-3-1;;;;/h7H,1-6H2;2*1H;1H3;/q;;;;+2/p-2. The van der Waals surface area contributed by atoms with Crippen LogP contribution in [-0.4, -0.2) is 13.1 Å². The molecule has 1 fully saturated rings. The normalized spacial score (nSPS) is 15.3. The van der Waals surface area contributed by atoms with Crippen molar-refractivity contribution >= 4 is 0 Å². The smallest absolute Gasteiger partial charge is 1.00 e. The second-order valence-electron chi connectivity index (χ2n) is 2.16. The van der Waals surface area contributed by atoms with Crippen molar-refractivity contribution in [1.82, 2.24) is 11.5 Å². The van der Waals surface area contributed by atoms with Crippen LogP contribution in [0.4, 0.5) is 0 Å². The molecule has 1 saturated heterocycles. The predicted molar refractivity (Wildman–Crippen MR) is 36.4 cm³/mol. The van der Waals surface area contributed by atoms with E-state index in [1.165, 1.54) is 38.8 Å². The summed E-state index contributed by atoms with van der Waals surface area (Å²) in [6.07, 6.45) is 5.65. The minimum atomic E-state index is 0. The van der Waals surface area contributed by atoms with Gasteiger partial charge >= 0.3 is 21.1 Å².